The number of ether oxygens (including phenoxy) is 2. The average Bonchev–Trinajstić information content (AvgIpc) is 3.07. The molecule has 0 spiro atoms. The first-order valence-corrected chi connectivity index (χ1v) is 7.13. The Morgan fingerprint density at radius 2 is 1.89 bits per heavy atom. The van der Waals surface area contributed by atoms with Crippen LogP contribution in [0, 0.1) is 17.3 Å². The number of para-hydroxylation sites is 2. The van der Waals surface area contributed by atoms with Crippen LogP contribution in [0.1, 0.15) is 25.7 Å². The van der Waals surface area contributed by atoms with Crippen molar-refractivity contribution >= 4 is 0 Å². The van der Waals surface area contributed by atoms with Crippen LogP contribution >= 0.6 is 0 Å². The molecule has 0 radical (unpaired) electrons. The average molecular weight is 262 g/mol. The van der Waals surface area contributed by atoms with Crippen LogP contribution in [0.25, 0.3) is 0 Å². The zero-order chi connectivity index (χ0) is 13.3. The lowest BCUT2D eigenvalue weighted by Crippen LogP contribution is -2.26. The van der Waals surface area contributed by atoms with E-state index in [1.165, 1.54) is 19.3 Å². The van der Waals surface area contributed by atoms with Gasteiger partial charge in [0.25, 0.3) is 0 Å². The highest BCUT2D eigenvalue weighted by molar-refractivity contribution is 5.39. The van der Waals surface area contributed by atoms with Crippen molar-refractivity contribution in [1.82, 2.24) is 0 Å². The summed E-state index contributed by atoms with van der Waals surface area (Å²) in [5.74, 6) is 3.34. The predicted octanol–water partition coefficient (Wildman–Crippen LogP) is 2.87. The Hall–Kier alpha value is -1.22. The highest BCUT2D eigenvalue weighted by Crippen LogP contribution is 2.60. The molecule has 2 aliphatic rings. The van der Waals surface area contributed by atoms with Gasteiger partial charge >= 0.3 is 0 Å². The summed E-state index contributed by atoms with van der Waals surface area (Å²) in [5, 5.41) is 9.67. The molecule has 0 amide bonds. The molecule has 104 valence electrons. The van der Waals surface area contributed by atoms with E-state index < -0.39 is 0 Å². The zero-order valence-electron chi connectivity index (χ0n) is 11.5. The summed E-state index contributed by atoms with van der Waals surface area (Å²) < 4.78 is 11.1. The van der Waals surface area contributed by atoms with Crippen molar-refractivity contribution in [3.8, 4) is 11.5 Å². The summed E-state index contributed by atoms with van der Waals surface area (Å²) in [5.41, 5.74) is 0.121. The molecule has 0 heterocycles. The van der Waals surface area contributed by atoms with Gasteiger partial charge in [-0.25, -0.2) is 0 Å². The fraction of sp³-hybridized carbons (Fsp3) is 0.625. The maximum atomic E-state index is 9.67. The van der Waals surface area contributed by atoms with Crippen LogP contribution in [0.5, 0.6) is 11.5 Å². The number of aliphatic hydroxyl groups is 1. The fourth-order valence-electron chi connectivity index (χ4n) is 3.53. The lowest BCUT2D eigenvalue weighted by atomic mass is 9.81. The van der Waals surface area contributed by atoms with Crippen LogP contribution in [-0.2, 0) is 0 Å². The largest absolute Gasteiger partial charge is 0.493 e. The molecule has 0 aromatic heterocycles. The Bertz CT molecular complexity index is 433. The smallest absolute Gasteiger partial charge is 0.161 e. The molecule has 0 bridgehead atoms. The van der Waals surface area contributed by atoms with Crippen molar-refractivity contribution in [2.24, 2.45) is 17.3 Å². The van der Waals surface area contributed by atoms with Crippen molar-refractivity contribution in [2.45, 2.75) is 25.7 Å². The lowest BCUT2D eigenvalue weighted by Gasteiger charge is -2.28. The summed E-state index contributed by atoms with van der Waals surface area (Å²) in [7, 11) is 1.65. The minimum Gasteiger partial charge on any atom is -0.493 e. The van der Waals surface area contributed by atoms with Crippen LogP contribution in [-0.4, -0.2) is 25.4 Å². The van der Waals surface area contributed by atoms with Gasteiger partial charge in [0.15, 0.2) is 11.5 Å². The van der Waals surface area contributed by atoms with Gasteiger partial charge in [-0.05, 0) is 55.1 Å². The van der Waals surface area contributed by atoms with Crippen LogP contribution in [0.15, 0.2) is 24.3 Å². The highest BCUT2D eigenvalue weighted by Gasteiger charge is 2.53. The maximum absolute atomic E-state index is 9.67. The number of rotatable bonds is 6. The minimum absolute atomic E-state index is 0.121. The Kier molecular flexibility index (Phi) is 3.40. The van der Waals surface area contributed by atoms with Gasteiger partial charge in [-0.15, -0.1) is 0 Å². The van der Waals surface area contributed by atoms with Gasteiger partial charge in [0.2, 0.25) is 0 Å². The molecule has 1 N–H and O–H groups in total. The second-order valence-electron chi connectivity index (χ2n) is 6.07. The van der Waals surface area contributed by atoms with Gasteiger partial charge in [-0.3, -0.25) is 0 Å². The number of benzene rings is 1. The summed E-state index contributed by atoms with van der Waals surface area (Å²) in [4.78, 5) is 0. The second kappa shape index (κ2) is 5.04. The lowest BCUT2D eigenvalue weighted by molar-refractivity contribution is 0.0885. The normalized spacial score (nSPS) is 31.9. The quantitative estimate of drug-likeness (QED) is 0.856. The van der Waals surface area contributed by atoms with Crippen molar-refractivity contribution < 1.29 is 14.6 Å². The van der Waals surface area contributed by atoms with Gasteiger partial charge < -0.3 is 14.6 Å². The molecule has 2 saturated carbocycles. The van der Waals surface area contributed by atoms with Gasteiger partial charge in [0, 0.05) is 6.61 Å². The molecule has 2 atom stereocenters. The van der Waals surface area contributed by atoms with Crippen LogP contribution in [0.4, 0.5) is 0 Å². The van der Waals surface area contributed by atoms with Crippen molar-refractivity contribution in [1.29, 1.82) is 0 Å². The number of methoxy groups -OCH3 is 1. The third kappa shape index (κ3) is 2.57. The Morgan fingerprint density at radius 1 is 1.21 bits per heavy atom. The van der Waals surface area contributed by atoms with E-state index in [9.17, 15) is 5.11 Å². The first-order chi connectivity index (χ1) is 9.26. The van der Waals surface area contributed by atoms with Crippen LogP contribution < -0.4 is 9.47 Å². The fourth-order valence-corrected chi connectivity index (χ4v) is 3.53. The van der Waals surface area contributed by atoms with Crippen molar-refractivity contribution in [3.05, 3.63) is 24.3 Å². The monoisotopic (exact) mass is 262 g/mol. The van der Waals surface area contributed by atoms with E-state index in [1.54, 1.807) is 7.11 Å². The Morgan fingerprint density at radius 3 is 2.53 bits per heavy atom. The second-order valence-corrected chi connectivity index (χ2v) is 6.07. The maximum Gasteiger partial charge on any atom is 0.161 e. The topological polar surface area (TPSA) is 38.7 Å². The molecule has 3 nitrogen and oxygen atoms in total. The third-order valence-corrected chi connectivity index (χ3v) is 4.75. The molecule has 2 aliphatic carbocycles. The number of hydrogen-bond acceptors (Lipinski definition) is 3. The number of fused-ring (bicyclic) bond motifs is 1. The van der Waals surface area contributed by atoms with E-state index in [0.29, 0.717) is 13.2 Å². The van der Waals surface area contributed by atoms with E-state index in [2.05, 4.69) is 0 Å². The molecule has 2 unspecified atom stereocenters. The SMILES string of the molecule is COc1ccccc1OCCC1(CO)CC2CC2C1. The minimum atomic E-state index is 0.121. The molecule has 3 rings (SSSR count). The molecular formula is C16H22O3. The molecule has 19 heavy (non-hydrogen) atoms. The summed E-state index contributed by atoms with van der Waals surface area (Å²) in [6.07, 6.45) is 4.69. The van der Waals surface area contributed by atoms with Gasteiger partial charge in [0.1, 0.15) is 0 Å². The highest BCUT2D eigenvalue weighted by atomic mass is 16.5. The number of hydrogen-bond donors (Lipinski definition) is 1. The molecule has 3 heteroatoms. The molecule has 2 fully saturated rings. The van der Waals surface area contributed by atoms with Crippen molar-refractivity contribution in [3.63, 3.8) is 0 Å². The summed E-state index contributed by atoms with van der Waals surface area (Å²) in [6, 6.07) is 7.72. The van der Waals surface area contributed by atoms with E-state index in [0.717, 1.165) is 29.8 Å². The predicted molar refractivity (Wildman–Crippen MR) is 73.5 cm³/mol. The molecule has 0 saturated heterocycles. The van der Waals surface area contributed by atoms with Crippen molar-refractivity contribution in [2.75, 3.05) is 20.3 Å². The van der Waals surface area contributed by atoms with Crippen LogP contribution in [0.3, 0.4) is 0 Å². The molecule has 0 aliphatic heterocycles. The summed E-state index contributed by atoms with van der Waals surface area (Å²) in [6.45, 7) is 0.954. The standard InChI is InChI=1S/C16H22O3/c1-18-14-4-2-3-5-15(14)19-7-6-16(11-17)9-12-8-13(12)10-16/h2-5,12-13,17H,6-11H2,1H3. The zero-order valence-corrected chi connectivity index (χ0v) is 11.5. The van der Waals surface area contributed by atoms with Gasteiger partial charge in [-0.1, -0.05) is 12.1 Å². The Labute approximate surface area is 114 Å². The van der Waals surface area contributed by atoms with E-state index in [1.807, 2.05) is 24.3 Å². The molecule has 1 aromatic rings. The third-order valence-electron chi connectivity index (χ3n) is 4.75. The van der Waals surface area contributed by atoms with Crippen LogP contribution in [0.2, 0.25) is 0 Å². The first kappa shape index (κ1) is 12.8. The molecular weight excluding hydrogens is 240 g/mol. The van der Waals surface area contributed by atoms with Gasteiger partial charge in [-0.2, -0.15) is 0 Å². The van der Waals surface area contributed by atoms with E-state index in [4.69, 9.17) is 9.47 Å². The number of aliphatic hydroxyl groups excluding tert-OH is 1. The molecule has 1 aromatic carbocycles. The van der Waals surface area contributed by atoms with Gasteiger partial charge in [0.05, 0.1) is 13.7 Å². The first-order valence-electron chi connectivity index (χ1n) is 7.13. The van der Waals surface area contributed by atoms with E-state index in [-0.39, 0.29) is 5.41 Å². The Balaban J connectivity index is 1.55. The summed E-state index contributed by atoms with van der Waals surface area (Å²) >= 11 is 0. The van der Waals surface area contributed by atoms with E-state index >= 15 is 0 Å².